The lowest BCUT2D eigenvalue weighted by molar-refractivity contribution is 0.0491. The molecule has 1 nitrogen and oxygen atoms in total. The zero-order valence-corrected chi connectivity index (χ0v) is 17.9. The summed E-state index contributed by atoms with van der Waals surface area (Å²) in [6.45, 7) is 9.61. The van der Waals surface area contributed by atoms with Crippen molar-refractivity contribution in [1.82, 2.24) is 0 Å². The summed E-state index contributed by atoms with van der Waals surface area (Å²) in [7, 11) is 0.386. The minimum atomic E-state index is 0.362. The first-order chi connectivity index (χ1) is 12.4. The number of hydrogen-bond acceptors (Lipinski definition) is 1. The highest BCUT2D eigenvalue weighted by Gasteiger charge is 2.55. The summed E-state index contributed by atoms with van der Waals surface area (Å²) in [5, 5.41) is 0. The van der Waals surface area contributed by atoms with Gasteiger partial charge in [0.15, 0.2) is 8.46 Å². The van der Waals surface area contributed by atoms with Gasteiger partial charge in [-0.3, -0.25) is 4.57 Å². The van der Waals surface area contributed by atoms with Crippen LogP contribution < -0.4 is 0 Å². The van der Waals surface area contributed by atoms with E-state index in [1.54, 1.807) is 11.1 Å². The molecule has 0 aromatic carbocycles. The second-order valence-corrected chi connectivity index (χ2v) is 10.9. The van der Waals surface area contributed by atoms with Gasteiger partial charge in [0.1, 0.15) is 0 Å². The van der Waals surface area contributed by atoms with Crippen molar-refractivity contribution in [2.45, 2.75) is 78.3 Å². The Balaban J connectivity index is 1.63. The highest BCUT2D eigenvalue weighted by molar-refractivity contribution is 7.24. The van der Waals surface area contributed by atoms with E-state index in [9.17, 15) is 4.57 Å². The number of allylic oxidation sites excluding steroid dienone is 6. The molecule has 2 saturated carbocycles. The molecule has 2 fully saturated rings. The van der Waals surface area contributed by atoms with Gasteiger partial charge in [0.2, 0.25) is 0 Å². The molecule has 0 N–H and O–H groups in total. The SMILES string of the molecule is C/C=C/[C@@H](C)C1=CC[C@H]2[C@@H]3CC[C@@H]4C[C@H](P=O)CC[C@]4(C)C3=CC[C@]12C. The number of fused-ring (bicyclic) bond motifs is 5. The molecule has 0 amide bonds. The number of rotatable bonds is 3. The predicted octanol–water partition coefficient (Wildman–Crippen LogP) is 7.36. The Bertz CT molecular complexity index is 674. The van der Waals surface area contributed by atoms with E-state index in [4.69, 9.17) is 0 Å². The van der Waals surface area contributed by atoms with Crippen LogP contribution in [0.15, 0.2) is 35.5 Å². The lowest BCUT2D eigenvalue weighted by Crippen LogP contribution is -2.47. The van der Waals surface area contributed by atoms with E-state index in [1.807, 2.05) is 0 Å². The molecule has 0 aliphatic heterocycles. The summed E-state index contributed by atoms with van der Waals surface area (Å²) < 4.78 is 11.4. The standard InChI is InChI=1S/C24H35OP/c1-5-6-16(2)20-9-10-21-19-8-7-17-15-18(26-25)11-13-23(17,3)22(19)12-14-24(20,21)4/h5-6,9,12,16-19,21H,7-8,10-11,13-15H2,1-4H3/b6-5+/t16-,17-,18-,19+,21+,23+,24-/m1/s1. The van der Waals surface area contributed by atoms with Crippen molar-refractivity contribution in [3.05, 3.63) is 35.5 Å². The first-order valence-electron chi connectivity index (χ1n) is 10.8. The summed E-state index contributed by atoms with van der Waals surface area (Å²) in [6, 6.07) is 0. The molecule has 0 radical (unpaired) electrons. The number of hydrogen-bond donors (Lipinski definition) is 0. The van der Waals surface area contributed by atoms with Gasteiger partial charge in [0, 0.05) is 5.66 Å². The van der Waals surface area contributed by atoms with E-state index < -0.39 is 0 Å². The maximum Gasteiger partial charge on any atom is 0.158 e. The fraction of sp³-hybridized carbons (Fsp3) is 0.750. The fourth-order valence-electron chi connectivity index (χ4n) is 7.31. The second kappa shape index (κ2) is 6.73. The van der Waals surface area contributed by atoms with Crippen LogP contribution in [-0.4, -0.2) is 5.66 Å². The maximum atomic E-state index is 11.4. The Hall–Kier alpha value is -0.680. The van der Waals surface area contributed by atoms with Gasteiger partial charge in [0.05, 0.1) is 0 Å². The highest BCUT2D eigenvalue weighted by Crippen LogP contribution is 2.65. The summed E-state index contributed by atoms with van der Waals surface area (Å²) in [4.78, 5) is 0. The molecule has 4 rings (SSSR count). The molecule has 0 saturated heterocycles. The minimum Gasteiger partial charge on any atom is -0.275 e. The Kier molecular flexibility index (Phi) is 4.84. The quantitative estimate of drug-likeness (QED) is 0.375. The Morgan fingerprint density at radius 3 is 2.73 bits per heavy atom. The van der Waals surface area contributed by atoms with Gasteiger partial charge in [-0.2, -0.15) is 0 Å². The zero-order chi connectivity index (χ0) is 18.5. The van der Waals surface area contributed by atoms with Crippen molar-refractivity contribution >= 4 is 8.46 Å². The molecule has 26 heavy (non-hydrogen) atoms. The van der Waals surface area contributed by atoms with Crippen LogP contribution in [0.3, 0.4) is 0 Å². The van der Waals surface area contributed by atoms with E-state index in [1.165, 1.54) is 38.5 Å². The largest absolute Gasteiger partial charge is 0.275 e. The highest BCUT2D eigenvalue weighted by atomic mass is 31.1. The van der Waals surface area contributed by atoms with Crippen molar-refractivity contribution in [2.75, 3.05) is 0 Å². The van der Waals surface area contributed by atoms with Gasteiger partial charge >= 0.3 is 0 Å². The molecule has 7 atom stereocenters. The van der Waals surface area contributed by atoms with E-state index >= 15 is 0 Å². The normalized spacial score (nSPS) is 46.3. The van der Waals surface area contributed by atoms with Crippen molar-refractivity contribution < 1.29 is 4.57 Å². The van der Waals surface area contributed by atoms with Gasteiger partial charge in [-0.05, 0) is 86.4 Å². The molecule has 0 unspecified atom stereocenters. The molecule has 0 aromatic rings. The third-order valence-electron chi connectivity index (χ3n) is 8.76. The van der Waals surface area contributed by atoms with Gasteiger partial charge in [-0.25, -0.2) is 0 Å². The second-order valence-electron chi connectivity index (χ2n) is 9.93. The van der Waals surface area contributed by atoms with Crippen molar-refractivity contribution in [2.24, 2.45) is 34.5 Å². The van der Waals surface area contributed by atoms with Gasteiger partial charge in [0.25, 0.3) is 0 Å². The average molecular weight is 371 g/mol. The summed E-state index contributed by atoms with van der Waals surface area (Å²) >= 11 is 0. The maximum absolute atomic E-state index is 11.4. The van der Waals surface area contributed by atoms with Crippen LogP contribution >= 0.6 is 8.46 Å². The third-order valence-corrected chi connectivity index (χ3v) is 9.53. The molecular weight excluding hydrogens is 335 g/mol. The molecule has 4 aliphatic rings. The lowest BCUT2D eigenvalue weighted by Gasteiger charge is -2.56. The Morgan fingerprint density at radius 2 is 2.00 bits per heavy atom. The smallest absolute Gasteiger partial charge is 0.158 e. The van der Waals surface area contributed by atoms with Crippen LogP contribution in [0.5, 0.6) is 0 Å². The summed E-state index contributed by atoms with van der Waals surface area (Å²) in [6.07, 6.45) is 18.6. The fourth-order valence-corrected chi connectivity index (χ4v) is 7.89. The Labute approximate surface area is 161 Å². The van der Waals surface area contributed by atoms with Crippen LogP contribution in [0.4, 0.5) is 0 Å². The molecule has 0 bridgehead atoms. The van der Waals surface area contributed by atoms with E-state index in [0.717, 1.165) is 24.2 Å². The molecule has 0 heterocycles. The molecule has 2 heteroatoms. The van der Waals surface area contributed by atoms with Gasteiger partial charge in [-0.1, -0.05) is 56.2 Å². The summed E-state index contributed by atoms with van der Waals surface area (Å²) in [5.41, 5.74) is 4.65. The topological polar surface area (TPSA) is 17.1 Å². The van der Waals surface area contributed by atoms with Crippen LogP contribution in [0.2, 0.25) is 0 Å². The predicted molar refractivity (Wildman–Crippen MR) is 111 cm³/mol. The van der Waals surface area contributed by atoms with Gasteiger partial charge in [-0.15, -0.1) is 0 Å². The van der Waals surface area contributed by atoms with E-state index in [-0.39, 0.29) is 0 Å². The monoisotopic (exact) mass is 370 g/mol. The van der Waals surface area contributed by atoms with Crippen LogP contribution in [0.1, 0.15) is 72.6 Å². The molecule has 0 spiro atoms. The van der Waals surface area contributed by atoms with Crippen LogP contribution in [0, 0.1) is 34.5 Å². The van der Waals surface area contributed by atoms with Crippen molar-refractivity contribution in [1.29, 1.82) is 0 Å². The summed E-state index contributed by atoms with van der Waals surface area (Å²) in [5.74, 6) is 2.91. The Morgan fingerprint density at radius 1 is 1.19 bits per heavy atom. The average Bonchev–Trinajstić information content (AvgIpc) is 2.98. The molecule has 4 aliphatic carbocycles. The van der Waals surface area contributed by atoms with Crippen molar-refractivity contribution in [3.63, 3.8) is 0 Å². The molecular formula is C24H35OP. The zero-order valence-electron chi connectivity index (χ0n) is 17.0. The lowest BCUT2D eigenvalue weighted by atomic mass is 9.48. The first kappa shape index (κ1) is 18.7. The van der Waals surface area contributed by atoms with E-state index in [0.29, 0.717) is 30.9 Å². The van der Waals surface area contributed by atoms with Gasteiger partial charge < -0.3 is 0 Å². The van der Waals surface area contributed by atoms with Crippen LogP contribution in [0.25, 0.3) is 0 Å². The third kappa shape index (κ3) is 2.64. The van der Waals surface area contributed by atoms with Crippen molar-refractivity contribution in [3.8, 4) is 0 Å². The first-order valence-corrected chi connectivity index (χ1v) is 11.7. The molecule has 0 aromatic heterocycles. The van der Waals surface area contributed by atoms with E-state index in [2.05, 4.69) is 52.0 Å². The minimum absolute atomic E-state index is 0.362. The van der Waals surface area contributed by atoms with Crippen LogP contribution in [-0.2, 0) is 4.57 Å². The molecule has 142 valence electrons.